The maximum atomic E-state index is 11.9. The Balaban J connectivity index is 1.33. The van der Waals surface area contributed by atoms with Crippen molar-refractivity contribution in [1.82, 2.24) is 35.8 Å². The molecule has 0 aromatic carbocycles. The first-order valence-electron chi connectivity index (χ1n) is 7.40. The molecule has 2 N–H and O–H groups in total. The van der Waals surface area contributed by atoms with E-state index in [1.165, 1.54) is 11.0 Å². The van der Waals surface area contributed by atoms with Crippen LogP contribution in [0.3, 0.4) is 0 Å². The quantitative estimate of drug-likeness (QED) is 0.735. The lowest BCUT2D eigenvalue weighted by molar-refractivity contribution is -0.123. The van der Waals surface area contributed by atoms with Crippen LogP contribution in [0.2, 0.25) is 0 Å². The molecule has 9 heteroatoms. The second kappa shape index (κ2) is 6.95. The van der Waals surface area contributed by atoms with E-state index in [0.717, 1.165) is 12.8 Å². The summed E-state index contributed by atoms with van der Waals surface area (Å²) in [5.41, 5.74) is 0.415. The van der Waals surface area contributed by atoms with Crippen LogP contribution in [0.15, 0.2) is 30.7 Å². The first kappa shape index (κ1) is 15.1. The number of rotatable bonds is 6. The van der Waals surface area contributed by atoms with Crippen LogP contribution in [-0.2, 0) is 11.3 Å². The smallest absolute Gasteiger partial charge is 0.269 e. The molecule has 0 aliphatic heterocycles. The van der Waals surface area contributed by atoms with E-state index < -0.39 is 0 Å². The molecule has 23 heavy (non-hydrogen) atoms. The Labute approximate surface area is 132 Å². The molecule has 2 aromatic rings. The minimum Gasteiger partial charge on any atom is -0.352 e. The average molecular weight is 315 g/mol. The SMILES string of the molecule is O=C(Cn1cnnn1)NC1CC(CNC(=O)c2ccccn2)C1. The van der Waals surface area contributed by atoms with E-state index in [-0.39, 0.29) is 24.4 Å². The van der Waals surface area contributed by atoms with Gasteiger partial charge in [0.2, 0.25) is 5.91 Å². The summed E-state index contributed by atoms with van der Waals surface area (Å²) in [5, 5.41) is 16.4. The van der Waals surface area contributed by atoms with E-state index in [1.807, 2.05) is 0 Å². The predicted molar refractivity (Wildman–Crippen MR) is 79.0 cm³/mol. The Morgan fingerprint density at radius 1 is 1.30 bits per heavy atom. The van der Waals surface area contributed by atoms with E-state index in [4.69, 9.17) is 0 Å². The molecule has 2 amide bonds. The molecule has 3 rings (SSSR count). The standard InChI is InChI=1S/C14H17N7O2/c22-13(8-21-9-17-19-20-21)18-11-5-10(6-11)7-16-14(23)12-3-1-2-4-15-12/h1-4,9-11H,5-8H2,(H,16,23)(H,18,22). The van der Waals surface area contributed by atoms with E-state index in [9.17, 15) is 9.59 Å². The fourth-order valence-corrected chi connectivity index (χ4v) is 2.52. The molecule has 2 heterocycles. The highest BCUT2D eigenvalue weighted by atomic mass is 16.2. The zero-order valence-corrected chi connectivity index (χ0v) is 12.4. The zero-order chi connectivity index (χ0) is 16.1. The van der Waals surface area contributed by atoms with Crippen molar-refractivity contribution in [2.75, 3.05) is 6.54 Å². The van der Waals surface area contributed by atoms with E-state index >= 15 is 0 Å². The first-order valence-corrected chi connectivity index (χ1v) is 7.40. The van der Waals surface area contributed by atoms with Gasteiger partial charge in [0.15, 0.2) is 0 Å². The lowest BCUT2D eigenvalue weighted by atomic mass is 9.80. The van der Waals surface area contributed by atoms with Gasteiger partial charge >= 0.3 is 0 Å². The number of carbonyl (C=O) groups excluding carboxylic acids is 2. The summed E-state index contributed by atoms with van der Waals surface area (Å²) in [6, 6.07) is 5.38. The number of aromatic nitrogens is 5. The Kier molecular flexibility index (Phi) is 4.55. The zero-order valence-electron chi connectivity index (χ0n) is 12.4. The monoisotopic (exact) mass is 315 g/mol. The highest BCUT2D eigenvalue weighted by Gasteiger charge is 2.30. The summed E-state index contributed by atoms with van der Waals surface area (Å²) >= 11 is 0. The van der Waals surface area contributed by atoms with Crippen LogP contribution in [0.1, 0.15) is 23.3 Å². The Morgan fingerprint density at radius 3 is 2.87 bits per heavy atom. The Bertz CT molecular complexity index is 653. The molecule has 9 nitrogen and oxygen atoms in total. The van der Waals surface area contributed by atoms with Gasteiger partial charge in [-0.1, -0.05) is 6.07 Å². The van der Waals surface area contributed by atoms with Crippen molar-refractivity contribution in [3.63, 3.8) is 0 Å². The van der Waals surface area contributed by atoms with Gasteiger partial charge in [-0.05, 0) is 41.3 Å². The van der Waals surface area contributed by atoms with Gasteiger partial charge in [0.1, 0.15) is 18.6 Å². The third kappa shape index (κ3) is 4.09. The normalized spacial score (nSPS) is 19.7. The highest BCUT2D eigenvalue weighted by Crippen LogP contribution is 2.26. The van der Waals surface area contributed by atoms with Crippen molar-refractivity contribution in [2.24, 2.45) is 5.92 Å². The number of pyridine rings is 1. The highest BCUT2D eigenvalue weighted by molar-refractivity contribution is 5.92. The molecule has 0 radical (unpaired) electrons. The van der Waals surface area contributed by atoms with Crippen LogP contribution in [0.4, 0.5) is 0 Å². The van der Waals surface area contributed by atoms with Crippen molar-refractivity contribution in [1.29, 1.82) is 0 Å². The third-order valence-electron chi connectivity index (χ3n) is 3.75. The average Bonchev–Trinajstić information content (AvgIpc) is 3.02. The van der Waals surface area contributed by atoms with E-state index in [1.54, 1.807) is 24.4 Å². The fraction of sp³-hybridized carbons (Fsp3) is 0.429. The van der Waals surface area contributed by atoms with Gasteiger partial charge in [0.25, 0.3) is 5.91 Å². The van der Waals surface area contributed by atoms with Crippen molar-refractivity contribution in [3.8, 4) is 0 Å². The number of hydrogen-bond donors (Lipinski definition) is 2. The van der Waals surface area contributed by atoms with Gasteiger partial charge in [-0.15, -0.1) is 5.10 Å². The molecule has 1 aliphatic rings. The van der Waals surface area contributed by atoms with Crippen LogP contribution >= 0.6 is 0 Å². The second-order valence-electron chi connectivity index (χ2n) is 5.53. The summed E-state index contributed by atoms with van der Waals surface area (Å²) in [7, 11) is 0. The van der Waals surface area contributed by atoms with Crippen LogP contribution in [-0.4, -0.2) is 49.6 Å². The molecule has 120 valence electrons. The van der Waals surface area contributed by atoms with Crippen LogP contribution in [0, 0.1) is 5.92 Å². The van der Waals surface area contributed by atoms with Gasteiger partial charge in [0, 0.05) is 18.8 Å². The molecule has 1 saturated carbocycles. The summed E-state index contributed by atoms with van der Waals surface area (Å²) < 4.78 is 1.37. The van der Waals surface area contributed by atoms with Crippen LogP contribution in [0.5, 0.6) is 0 Å². The van der Waals surface area contributed by atoms with Crippen molar-refractivity contribution < 1.29 is 9.59 Å². The lowest BCUT2D eigenvalue weighted by Crippen LogP contribution is -2.48. The van der Waals surface area contributed by atoms with Gasteiger partial charge < -0.3 is 10.6 Å². The van der Waals surface area contributed by atoms with Crippen LogP contribution in [0.25, 0.3) is 0 Å². The third-order valence-corrected chi connectivity index (χ3v) is 3.75. The van der Waals surface area contributed by atoms with Crippen molar-refractivity contribution in [2.45, 2.75) is 25.4 Å². The van der Waals surface area contributed by atoms with E-state index in [0.29, 0.717) is 18.2 Å². The molecule has 1 fully saturated rings. The summed E-state index contributed by atoms with van der Waals surface area (Å²) in [5.74, 6) is 0.0936. The Morgan fingerprint density at radius 2 is 2.17 bits per heavy atom. The molecule has 0 spiro atoms. The minimum absolute atomic E-state index is 0.113. The number of nitrogens with zero attached hydrogens (tertiary/aromatic N) is 5. The topological polar surface area (TPSA) is 115 Å². The summed E-state index contributed by atoms with van der Waals surface area (Å²) in [6.45, 7) is 0.708. The second-order valence-corrected chi connectivity index (χ2v) is 5.53. The molecular weight excluding hydrogens is 298 g/mol. The summed E-state index contributed by atoms with van der Waals surface area (Å²) in [4.78, 5) is 27.6. The van der Waals surface area contributed by atoms with Gasteiger partial charge in [0.05, 0.1) is 0 Å². The predicted octanol–water partition coefficient (Wildman–Crippen LogP) is -0.607. The maximum Gasteiger partial charge on any atom is 0.269 e. The number of carbonyl (C=O) groups is 2. The van der Waals surface area contributed by atoms with Crippen molar-refractivity contribution >= 4 is 11.8 Å². The van der Waals surface area contributed by atoms with Gasteiger partial charge in [-0.25, -0.2) is 4.68 Å². The fourth-order valence-electron chi connectivity index (χ4n) is 2.52. The van der Waals surface area contributed by atoms with Gasteiger partial charge in [-0.3, -0.25) is 14.6 Å². The lowest BCUT2D eigenvalue weighted by Gasteiger charge is -2.35. The molecule has 0 atom stereocenters. The molecular formula is C14H17N7O2. The molecule has 0 saturated heterocycles. The summed E-state index contributed by atoms with van der Waals surface area (Å²) in [6.07, 6.45) is 4.69. The van der Waals surface area contributed by atoms with Gasteiger partial charge in [-0.2, -0.15) is 0 Å². The van der Waals surface area contributed by atoms with E-state index in [2.05, 4.69) is 31.1 Å². The minimum atomic E-state index is -0.170. The molecule has 1 aliphatic carbocycles. The number of tetrazole rings is 1. The number of nitrogens with one attached hydrogen (secondary N) is 2. The number of amides is 2. The maximum absolute atomic E-state index is 11.9. The molecule has 2 aromatic heterocycles. The molecule has 0 bridgehead atoms. The molecule has 0 unspecified atom stereocenters. The van der Waals surface area contributed by atoms with Crippen LogP contribution < -0.4 is 10.6 Å². The van der Waals surface area contributed by atoms with Crippen molar-refractivity contribution in [3.05, 3.63) is 36.4 Å². The Hall–Kier alpha value is -2.84. The first-order chi connectivity index (χ1) is 11.2. The largest absolute Gasteiger partial charge is 0.352 e. The number of hydrogen-bond acceptors (Lipinski definition) is 6.